The molecule has 43 heavy (non-hydrogen) atoms. The van der Waals surface area contributed by atoms with Crippen LogP contribution in [0.2, 0.25) is 0 Å². The summed E-state index contributed by atoms with van der Waals surface area (Å²) >= 11 is 0. The Morgan fingerprint density at radius 1 is 0.628 bits per heavy atom. The van der Waals surface area contributed by atoms with Gasteiger partial charge in [-0.1, -0.05) is 77.0 Å². The molecule has 0 heterocycles. The lowest BCUT2D eigenvalue weighted by Crippen LogP contribution is -2.30. The summed E-state index contributed by atoms with van der Waals surface area (Å²) in [6, 6.07) is 3.08. The third-order valence-electron chi connectivity index (χ3n) is 7.32. The average molecular weight is 606 g/mol. The summed E-state index contributed by atoms with van der Waals surface area (Å²) in [7, 11) is 0. The number of aliphatic carboxylic acids is 2. The van der Waals surface area contributed by atoms with Crippen molar-refractivity contribution in [1.82, 2.24) is 5.32 Å². The van der Waals surface area contributed by atoms with Crippen LogP contribution in [0, 0.1) is 0 Å². The number of aromatic carboxylic acids is 1. The molecule has 0 aliphatic rings. The van der Waals surface area contributed by atoms with Crippen LogP contribution in [-0.2, 0) is 14.4 Å². The molecule has 0 saturated carbocycles. The van der Waals surface area contributed by atoms with E-state index in [0.717, 1.165) is 44.9 Å². The van der Waals surface area contributed by atoms with Crippen LogP contribution in [0.3, 0.4) is 0 Å². The number of amides is 2. The molecular weight excluding hydrogens is 554 g/mol. The van der Waals surface area contributed by atoms with Crippen molar-refractivity contribution in [2.75, 3.05) is 11.9 Å². The summed E-state index contributed by atoms with van der Waals surface area (Å²) < 4.78 is 0. The highest BCUT2D eigenvalue weighted by atomic mass is 16.4. The topological polar surface area (TPSA) is 196 Å². The maximum absolute atomic E-state index is 12.6. The molecule has 0 fully saturated rings. The number of nitrogens with two attached hydrogens (primary N) is 1. The number of carboxylic acid groups (broad SMARTS) is 3. The number of anilines is 1. The van der Waals surface area contributed by atoms with E-state index in [9.17, 15) is 29.1 Å². The fourth-order valence-corrected chi connectivity index (χ4v) is 4.78. The molecule has 2 amide bonds. The van der Waals surface area contributed by atoms with Gasteiger partial charge in [0.25, 0.3) is 5.91 Å². The zero-order valence-electron chi connectivity index (χ0n) is 25.4. The van der Waals surface area contributed by atoms with Crippen LogP contribution in [-0.4, -0.2) is 57.6 Å². The first-order valence-electron chi connectivity index (χ1n) is 15.8. The van der Waals surface area contributed by atoms with Crippen molar-refractivity contribution in [2.45, 2.75) is 128 Å². The van der Waals surface area contributed by atoms with Crippen LogP contribution < -0.4 is 16.4 Å². The monoisotopic (exact) mass is 605 g/mol. The molecule has 0 saturated heterocycles. The number of nitrogens with one attached hydrogen (secondary N) is 2. The van der Waals surface area contributed by atoms with Crippen LogP contribution in [0.15, 0.2) is 18.2 Å². The third-order valence-corrected chi connectivity index (χ3v) is 7.32. The minimum atomic E-state index is -1.21. The quantitative estimate of drug-likeness (QED) is 0.0690. The summed E-state index contributed by atoms with van der Waals surface area (Å²) in [6.07, 6.45) is 17.2. The van der Waals surface area contributed by atoms with Crippen LogP contribution in [0.5, 0.6) is 0 Å². The Morgan fingerprint density at radius 2 is 1.12 bits per heavy atom. The number of unbranched alkanes of at least 4 members (excludes halogenated alkanes) is 14. The highest BCUT2D eigenvalue weighted by Gasteiger charge is 2.14. The third kappa shape index (κ3) is 19.4. The minimum absolute atomic E-state index is 0.108. The van der Waals surface area contributed by atoms with E-state index >= 15 is 0 Å². The number of rotatable bonds is 26. The second kappa shape index (κ2) is 23.0. The SMILES string of the molecule is N[C@@H](CCCCNC(=O)c1cc(NC(=O)CCCCCCCCCCCCCCCCC(=O)O)cc(C(=O)O)c1)C(=O)O. The summed E-state index contributed by atoms with van der Waals surface area (Å²) in [6.45, 7) is 0.281. The summed E-state index contributed by atoms with van der Waals surface area (Å²) in [5.41, 5.74) is 5.72. The van der Waals surface area contributed by atoms with E-state index < -0.39 is 29.9 Å². The van der Waals surface area contributed by atoms with Crippen LogP contribution in [0.4, 0.5) is 5.69 Å². The lowest BCUT2D eigenvalue weighted by molar-refractivity contribution is -0.139. The first-order valence-corrected chi connectivity index (χ1v) is 15.8. The first kappa shape index (κ1) is 37.6. The number of hydrogen-bond acceptors (Lipinski definition) is 6. The molecule has 7 N–H and O–H groups in total. The Morgan fingerprint density at radius 3 is 1.60 bits per heavy atom. The second-order valence-electron chi connectivity index (χ2n) is 11.2. The Hall–Kier alpha value is -3.47. The molecule has 0 spiro atoms. The van der Waals surface area contributed by atoms with Gasteiger partial charge in [-0.05, 0) is 50.3 Å². The number of carbonyl (C=O) groups excluding carboxylic acids is 2. The van der Waals surface area contributed by atoms with E-state index in [0.29, 0.717) is 19.3 Å². The van der Waals surface area contributed by atoms with Crippen LogP contribution in [0.25, 0.3) is 0 Å². The Labute approximate surface area is 255 Å². The van der Waals surface area contributed by atoms with Crippen molar-refractivity contribution in [3.05, 3.63) is 29.3 Å². The fourth-order valence-electron chi connectivity index (χ4n) is 4.78. The molecule has 0 radical (unpaired) electrons. The van der Waals surface area contributed by atoms with Gasteiger partial charge in [0.2, 0.25) is 5.91 Å². The minimum Gasteiger partial charge on any atom is -0.481 e. The molecular formula is C32H51N3O8. The molecule has 1 aromatic rings. The van der Waals surface area contributed by atoms with Gasteiger partial charge in [-0.2, -0.15) is 0 Å². The Bertz CT molecular complexity index is 1010. The lowest BCUT2D eigenvalue weighted by Gasteiger charge is -2.11. The van der Waals surface area contributed by atoms with Crippen molar-refractivity contribution in [3.63, 3.8) is 0 Å². The van der Waals surface area contributed by atoms with Gasteiger partial charge in [-0.15, -0.1) is 0 Å². The maximum Gasteiger partial charge on any atom is 0.335 e. The summed E-state index contributed by atoms with van der Waals surface area (Å²) in [4.78, 5) is 57.8. The van der Waals surface area contributed by atoms with Gasteiger partial charge >= 0.3 is 17.9 Å². The van der Waals surface area contributed by atoms with Crippen molar-refractivity contribution >= 4 is 35.4 Å². The fraction of sp³-hybridized carbons (Fsp3) is 0.656. The predicted molar refractivity (Wildman–Crippen MR) is 165 cm³/mol. The molecule has 0 bridgehead atoms. The molecule has 1 rings (SSSR count). The average Bonchev–Trinajstić information content (AvgIpc) is 2.96. The normalized spacial score (nSPS) is 11.6. The number of carbonyl (C=O) groups is 5. The smallest absolute Gasteiger partial charge is 0.335 e. The standard InChI is InChI=1S/C32H51N3O8/c33-27(32(42)43)17-15-16-20-34-30(39)24-21-25(31(40)41)23-26(22-24)35-28(36)18-13-11-9-7-5-3-1-2-4-6-8-10-12-14-19-29(37)38/h21-23,27H,1-20,33H2,(H,34,39)(H,35,36)(H,37,38)(H,40,41)(H,42,43)/t27-/m0/s1. The van der Waals surface area contributed by atoms with Gasteiger partial charge in [0.05, 0.1) is 5.56 Å². The molecule has 0 aliphatic heterocycles. The second-order valence-corrected chi connectivity index (χ2v) is 11.2. The van der Waals surface area contributed by atoms with Gasteiger partial charge < -0.3 is 31.7 Å². The van der Waals surface area contributed by atoms with Gasteiger partial charge in [0.15, 0.2) is 0 Å². The summed E-state index contributed by atoms with van der Waals surface area (Å²) in [5, 5.41) is 32.3. The maximum atomic E-state index is 12.6. The van der Waals surface area contributed by atoms with Crippen molar-refractivity contribution in [2.24, 2.45) is 5.73 Å². The van der Waals surface area contributed by atoms with E-state index in [2.05, 4.69) is 10.6 Å². The predicted octanol–water partition coefficient (Wildman–Crippen LogP) is 5.96. The largest absolute Gasteiger partial charge is 0.481 e. The number of benzene rings is 1. The van der Waals surface area contributed by atoms with Crippen molar-refractivity contribution in [3.8, 4) is 0 Å². The van der Waals surface area contributed by atoms with Crippen molar-refractivity contribution in [1.29, 1.82) is 0 Å². The molecule has 0 aromatic heterocycles. The molecule has 1 atom stereocenters. The lowest BCUT2D eigenvalue weighted by atomic mass is 10.0. The van der Waals surface area contributed by atoms with Gasteiger partial charge in [0.1, 0.15) is 6.04 Å². The van der Waals surface area contributed by atoms with Crippen LogP contribution >= 0.6 is 0 Å². The van der Waals surface area contributed by atoms with Gasteiger partial charge in [0, 0.05) is 30.6 Å². The molecule has 0 unspecified atom stereocenters. The Kier molecular flexibility index (Phi) is 20.1. The van der Waals surface area contributed by atoms with E-state index in [1.807, 2.05) is 0 Å². The zero-order valence-corrected chi connectivity index (χ0v) is 25.4. The highest BCUT2D eigenvalue weighted by molar-refractivity contribution is 6.00. The zero-order chi connectivity index (χ0) is 31.9. The van der Waals surface area contributed by atoms with Gasteiger partial charge in [-0.25, -0.2) is 4.79 Å². The molecule has 242 valence electrons. The Balaban J connectivity index is 2.22. The van der Waals surface area contributed by atoms with E-state index in [1.54, 1.807) is 0 Å². The van der Waals surface area contributed by atoms with Gasteiger partial charge in [-0.3, -0.25) is 19.2 Å². The van der Waals surface area contributed by atoms with E-state index in [-0.39, 0.29) is 42.1 Å². The summed E-state index contributed by atoms with van der Waals surface area (Å²) in [5.74, 6) is -3.70. The molecule has 0 aliphatic carbocycles. The van der Waals surface area contributed by atoms with Crippen LogP contribution in [0.1, 0.15) is 143 Å². The molecule has 11 heteroatoms. The first-order chi connectivity index (χ1) is 20.6. The molecule has 11 nitrogen and oxygen atoms in total. The molecule has 1 aromatic carbocycles. The number of carboxylic acids is 3. The van der Waals surface area contributed by atoms with Crippen molar-refractivity contribution < 1.29 is 39.3 Å². The highest BCUT2D eigenvalue weighted by Crippen LogP contribution is 2.18. The van der Waals surface area contributed by atoms with E-state index in [1.165, 1.54) is 63.1 Å². The van der Waals surface area contributed by atoms with E-state index in [4.69, 9.17) is 15.9 Å². The number of hydrogen-bond donors (Lipinski definition) is 6.